The molecule has 0 nitrogen and oxygen atoms in total. The van der Waals surface area contributed by atoms with E-state index in [1.165, 1.54) is 16.7 Å². The average molecular weight is 258 g/mol. The highest BCUT2D eigenvalue weighted by Gasteiger charge is 1.95. The molecule has 0 saturated carbocycles. The SMILES string of the molecule is C=C/C(=C\C=C(C)C)c1ccc(C)cc1.CC.CC. The van der Waals surface area contributed by atoms with Gasteiger partial charge in [0.05, 0.1) is 0 Å². The van der Waals surface area contributed by atoms with Gasteiger partial charge in [0.25, 0.3) is 0 Å². The molecule has 0 amide bonds. The minimum Gasteiger partial charge on any atom is -0.0984 e. The molecule has 0 aliphatic heterocycles. The molecule has 0 spiro atoms. The van der Waals surface area contributed by atoms with Crippen molar-refractivity contribution in [3.63, 3.8) is 0 Å². The summed E-state index contributed by atoms with van der Waals surface area (Å²) in [5, 5.41) is 0. The van der Waals surface area contributed by atoms with E-state index in [2.05, 4.69) is 63.8 Å². The van der Waals surface area contributed by atoms with Crippen LogP contribution in [0.15, 0.2) is 54.6 Å². The van der Waals surface area contributed by atoms with E-state index in [0.717, 1.165) is 5.57 Å². The summed E-state index contributed by atoms with van der Waals surface area (Å²) in [6.45, 7) is 18.1. The summed E-state index contributed by atoms with van der Waals surface area (Å²) >= 11 is 0. The molecule has 1 rings (SSSR count). The van der Waals surface area contributed by atoms with Crippen molar-refractivity contribution in [1.82, 2.24) is 0 Å². The maximum atomic E-state index is 3.84. The first kappa shape index (κ1) is 19.8. The number of allylic oxidation sites excluding steroid dienone is 5. The summed E-state index contributed by atoms with van der Waals surface area (Å²) in [7, 11) is 0. The van der Waals surface area contributed by atoms with Crippen LogP contribution in [0.3, 0.4) is 0 Å². The van der Waals surface area contributed by atoms with Crippen LogP contribution in [0.2, 0.25) is 0 Å². The summed E-state index contributed by atoms with van der Waals surface area (Å²) in [6.07, 6.45) is 6.11. The van der Waals surface area contributed by atoms with Crippen LogP contribution in [0.5, 0.6) is 0 Å². The van der Waals surface area contributed by atoms with E-state index in [1.807, 2.05) is 33.8 Å². The fourth-order valence-electron chi connectivity index (χ4n) is 1.28. The Morgan fingerprint density at radius 3 is 1.74 bits per heavy atom. The molecule has 0 unspecified atom stereocenters. The van der Waals surface area contributed by atoms with Gasteiger partial charge < -0.3 is 0 Å². The second-order valence-electron chi connectivity index (χ2n) is 3.94. The lowest BCUT2D eigenvalue weighted by atomic mass is 10.0. The molecule has 0 heteroatoms. The van der Waals surface area contributed by atoms with E-state index in [-0.39, 0.29) is 0 Å². The first-order valence-corrected chi connectivity index (χ1v) is 7.18. The molecule has 106 valence electrons. The van der Waals surface area contributed by atoms with Crippen molar-refractivity contribution in [3.8, 4) is 0 Å². The van der Waals surface area contributed by atoms with Gasteiger partial charge in [-0.2, -0.15) is 0 Å². The molecule has 0 bridgehead atoms. The molecule has 0 aliphatic carbocycles. The largest absolute Gasteiger partial charge is 0.0984 e. The van der Waals surface area contributed by atoms with Crippen LogP contribution in [-0.2, 0) is 0 Å². The molecule has 1 aromatic carbocycles. The van der Waals surface area contributed by atoms with Crippen LogP contribution < -0.4 is 0 Å². The lowest BCUT2D eigenvalue weighted by Gasteiger charge is -2.02. The molecule has 0 heterocycles. The molecule has 0 aliphatic rings. The van der Waals surface area contributed by atoms with Gasteiger partial charge in [-0.1, -0.05) is 87.9 Å². The smallest absolute Gasteiger partial charge is 0.0184 e. The van der Waals surface area contributed by atoms with Crippen molar-refractivity contribution >= 4 is 5.57 Å². The Labute approximate surface area is 120 Å². The van der Waals surface area contributed by atoms with Crippen LogP contribution >= 0.6 is 0 Å². The van der Waals surface area contributed by atoms with Gasteiger partial charge in [-0.3, -0.25) is 0 Å². The predicted molar refractivity (Wildman–Crippen MR) is 91.5 cm³/mol. The van der Waals surface area contributed by atoms with Gasteiger partial charge in [-0.05, 0) is 31.9 Å². The second kappa shape index (κ2) is 12.9. The first-order chi connectivity index (χ1) is 9.13. The van der Waals surface area contributed by atoms with Gasteiger partial charge in [-0.25, -0.2) is 0 Å². The van der Waals surface area contributed by atoms with Crippen molar-refractivity contribution in [1.29, 1.82) is 0 Å². The van der Waals surface area contributed by atoms with Crippen LogP contribution in [0.4, 0.5) is 0 Å². The number of hydrogen-bond donors (Lipinski definition) is 0. The number of benzene rings is 1. The van der Waals surface area contributed by atoms with Crippen molar-refractivity contribution in [2.24, 2.45) is 0 Å². The van der Waals surface area contributed by atoms with Gasteiger partial charge in [0.1, 0.15) is 0 Å². The molecule has 0 atom stereocenters. The van der Waals surface area contributed by atoms with Crippen molar-refractivity contribution in [2.45, 2.75) is 48.5 Å². The minimum absolute atomic E-state index is 1.16. The zero-order chi connectivity index (χ0) is 15.3. The Kier molecular flexibility index (Phi) is 13.4. The third-order valence-electron chi connectivity index (χ3n) is 2.20. The van der Waals surface area contributed by atoms with Gasteiger partial charge in [0.15, 0.2) is 0 Å². The zero-order valence-electron chi connectivity index (χ0n) is 13.7. The van der Waals surface area contributed by atoms with Crippen LogP contribution in [0, 0.1) is 6.92 Å². The molecule has 0 aromatic heterocycles. The van der Waals surface area contributed by atoms with Gasteiger partial charge in [-0.15, -0.1) is 0 Å². The quantitative estimate of drug-likeness (QED) is 0.537. The summed E-state index contributed by atoms with van der Waals surface area (Å²) in [5.41, 5.74) is 4.95. The monoisotopic (exact) mass is 258 g/mol. The highest BCUT2D eigenvalue weighted by molar-refractivity contribution is 5.74. The van der Waals surface area contributed by atoms with E-state index in [1.54, 1.807) is 0 Å². The molecule has 19 heavy (non-hydrogen) atoms. The van der Waals surface area contributed by atoms with Crippen molar-refractivity contribution in [3.05, 3.63) is 65.8 Å². The lowest BCUT2D eigenvalue weighted by molar-refractivity contribution is 1.39. The topological polar surface area (TPSA) is 0 Å². The minimum atomic E-state index is 1.16. The molecule has 0 radical (unpaired) electrons. The summed E-state index contributed by atoms with van der Waals surface area (Å²) in [5.74, 6) is 0. The van der Waals surface area contributed by atoms with E-state index >= 15 is 0 Å². The van der Waals surface area contributed by atoms with Crippen molar-refractivity contribution < 1.29 is 0 Å². The number of hydrogen-bond acceptors (Lipinski definition) is 0. The summed E-state index contributed by atoms with van der Waals surface area (Å²) in [4.78, 5) is 0. The van der Waals surface area contributed by atoms with Gasteiger partial charge in [0.2, 0.25) is 0 Å². The van der Waals surface area contributed by atoms with Crippen LogP contribution in [0.1, 0.15) is 52.7 Å². The maximum absolute atomic E-state index is 3.84. The maximum Gasteiger partial charge on any atom is -0.0184 e. The third-order valence-corrected chi connectivity index (χ3v) is 2.20. The fourth-order valence-corrected chi connectivity index (χ4v) is 1.28. The lowest BCUT2D eigenvalue weighted by Crippen LogP contribution is -1.80. The molecule has 0 fully saturated rings. The Hall–Kier alpha value is -1.56. The zero-order valence-corrected chi connectivity index (χ0v) is 13.7. The third kappa shape index (κ3) is 9.07. The number of rotatable bonds is 3. The van der Waals surface area contributed by atoms with E-state index in [0.29, 0.717) is 0 Å². The molecular formula is C19H30. The van der Waals surface area contributed by atoms with Gasteiger partial charge in [0, 0.05) is 0 Å². The Morgan fingerprint density at radius 2 is 1.37 bits per heavy atom. The van der Waals surface area contributed by atoms with Crippen LogP contribution in [0.25, 0.3) is 5.57 Å². The second-order valence-corrected chi connectivity index (χ2v) is 3.94. The van der Waals surface area contributed by atoms with E-state index < -0.39 is 0 Å². The summed E-state index contributed by atoms with van der Waals surface area (Å²) in [6, 6.07) is 8.49. The highest BCUT2D eigenvalue weighted by atomic mass is 14.0. The normalized spacial score (nSPS) is 9.32. The Morgan fingerprint density at radius 1 is 0.895 bits per heavy atom. The predicted octanol–water partition coefficient (Wildman–Crippen LogP) is 6.58. The standard InChI is InChI=1S/C15H18.2C2H6/c1-5-14(9-6-12(2)3)15-10-7-13(4)8-11-15;2*1-2/h5-11H,1H2,2-4H3;2*1-2H3/b14-9+;;. The van der Waals surface area contributed by atoms with Crippen LogP contribution in [-0.4, -0.2) is 0 Å². The average Bonchev–Trinajstić information content (AvgIpc) is 2.45. The fraction of sp³-hybridized carbons (Fsp3) is 0.368. The van der Waals surface area contributed by atoms with E-state index in [4.69, 9.17) is 0 Å². The van der Waals surface area contributed by atoms with Gasteiger partial charge >= 0.3 is 0 Å². The summed E-state index contributed by atoms with van der Waals surface area (Å²) < 4.78 is 0. The Balaban J connectivity index is 0. The molecule has 1 aromatic rings. The van der Waals surface area contributed by atoms with Crippen molar-refractivity contribution in [2.75, 3.05) is 0 Å². The highest BCUT2D eigenvalue weighted by Crippen LogP contribution is 2.16. The molecular weight excluding hydrogens is 228 g/mol. The Bertz CT molecular complexity index is 385. The van der Waals surface area contributed by atoms with E-state index in [9.17, 15) is 0 Å². The number of aryl methyl sites for hydroxylation is 1. The first-order valence-electron chi connectivity index (χ1n) is 7.18. The molecule has 0 saturated heterocycles. The molecule has 0 N–H and O–H groups in total.